The molecule has 0 radical (unpaired) electrons. The molecule has 1 saturated heterocycles. The highest BCUT2D eigenvalue weighted by molar-refractivity contribution is 5.92. The number of rotatable bonds is 7. The summed E-state index contributed by atoms with van der Waals surface area (Å²) in [7, 11) is 0. The Morgan fingerprint density at radius 2 is 2.04 bits per heavy atom. The number of benzene rings is 1. The highest BCUT2D eigenvalue weighted by Crippen LogP contribution is 2.10. The fourth-order valence-electron chi connectivity index (χ4n) is 2.82. The average Bonchev–Trinajstić information content (AvgIpc) is 2.68. The summed E-state index contributed by atoms with van der Waals surface area (Å²) >= 11 is 0. The van der Waals surface area contributed by atoms with Gasteiger partial charge in [0, 0.05) is 38.8 Å². The lowest BCUT2D eigenvalue weighted by Gasteiger charge is -2.26. The summed E-state index contributed by atoms with van der Waals surface area (Å²) in [6.07, 6.45) is 1.41. The Morgan fingerprint density at radius 1 is 1.23 bits per heavy atom. The topological polar surface area (TPSA) is 79.4 Å². The van der Waals surface area contributed by atoms with E-state index < -0.39 is 0 Å². The van der Waals surface area contributed by atoms with E-state index in [1.54, 1.807) is 6.07 Å². The lowest BCUT2D eigenvalue weighted by atomic mass is 10.1. The average molecular weight is 355 g/mol. The van der Waals surface area contributed by atoms with Crippen LogP contribution >= 0.6 is 0 Å². The Labute approximate surface area is 153 Å². The minimum Gasteiger partial charge on any atom is -0.379 e. The van der Waals surface area contributed by atoms with Crippen molar-refractivity contribution in [1.29, 1.82) is 0 Å². The third kappa shape index (κ3) is 5.24. The maximum atomic E-state index is 12.3. The number of aryl methyl sites for hydroxylation is 1. The van der Waals surface area contributed by atoms with Gasteiger partial charge in [-0.3, -0.25) is 9.69 Å². The Morgan fingerprint density at radius 3 is 2.85 bits per heavy atom. The predicted molar refractivity (Wildman–Crippen MR) is 100 cm³/mol. The maximum Gasteiger partial charge on any atom is 0.270 e. The highest BCUT2D eigenvalue weighted by atomic mass is 16.5. The Balaban J connectivity index is 1.49. The van der Waals surface area contributed by atoms with Crippen LogP contribution in [-0.4, -0.2) is 60.2 Å². The van der Waals surface area contributed by atoms with Crippen molar-refractivity contribution >= 4 is 11.7 Å². The normalized spacial score (nSPS) is 14.8. The van der Waals surface area contributed by atoms with Crippen LogP contribution in [0.5, 0.6) is 0 Å². The van der Waals surface area contributed by atoms with E-state index in [0.29, 0.717) is 24.6 Å². The number of hydrogen-bond acceptors (Lipinski definition) is 6. The molecule has 1 aliphatic rings. The van der Waals surface area contributed by atoms with Crippen molar-refractivity contribution in [2.75, 3.05) is 44.7 Å². The predicted octanol–water partition coefficient (Wildman–Crippen LogP) is 1.46. The number of carbonyl (C=O) groups is 1. The van der Waals surface area contributed by atoms with E-state index in [-0.39, 0.29) is 5.91 Å². The molecule has 1 aliphatic heterocycles. The Hall–Kier alpha value is -2.51. The van der Waals surface area contributed by atoms with Crippen molar-refractivity contribution in [3.8, 4) is 0 Å². The maximum absolute atomic E-state index is 12.3. The molecule has 0 aliphatic carbocycles. The summed E-state index contributed by atoms with van der Waals surface area (Å²) < 4.78 is 5.32. The van der Waals surface area contributed by atoms with Crippen LogP contribution in [0.1, 0.15) is 21.6 Å². The number of anilines is 1. The molecule has 138 valence electrons. The number of aromatic nitrogens is 2. The second-order valence-corrected chi connectivity index (χ2v) is 6.28. The summed E-state index contributed by atoms with van der Waals surface area (Å²) in [4.78, 5) is 22.8. The zero-order chi connectivity index (χ0) is 18.2. The standard InChI is InChI=1S/C19H25N5O2/c1-15-4-2-3-5-16(15)13-21-18-12-17(22-14-23-18)19(25)20-6-7-24-8-10-26-11-9-24/h2-5,12,14H,6-11,13H2,1H3,(H,20,25)(H,21,22,23). The molecule has 0 atom stereocenters. The molecule has 7 nitrogen and oxygen atoms in total. The number of amides is 1. The Bertz CT molecular complexity index is 731. The first-order valence-electron chi connectivity index (χ1n) is 8.91. The highest BCUT2D eigenvalue weighted by Gasteiger charge is 2.12. The van der Waals surface area contributed by atoms with E-state index in [2.05, 4.69) is 44.6 Å². The molecule has 0 saturated carbocycles. The molecule has 1 amide bonds. The van der Waals surface area contributed by atoms with Gasteiger partial charge < -0.3 is 15.4 Å². The first-order chi connectivity index (χ1) is 12.7. The molecule has 3 rings (SSSR count). The fraction of sp³-hybridized carbons (Fsp3) is 0.421. The van der Waals surface area contributed by atoms with Crippen molar-refractivity contribution in [1.82, 2.24) is 20.2 Å². The third-order valence-electron chi connectivity index (χ3n) is 4.44. The van der Waals surface area contributed by atoms with Crippen molar-refractivity contribution in [2.45, 2.75) is 13.5 Å². The van der Waals surface area contributed by atoms with Crippen LogP contribution < -0.4 is 10.6 Å². The van der Waals surface area contributed by atoms with Crippen LogP contribution in [0.4, 0.5) is 5.82 Å². The van der Waals surface area contributed by atoms with E-state index in [1.807, 2.05) is 12.1 Å². The quantitative estimate of drug-likeness (QED) is 0.783. The van der Waals surface area contributed by atoms with Gasteiger partial charge in [0.25, 0.3) is 5.91 Å². The van der Waals surface area contributed by atoms with Gasteiger partial charge >= 0.3 is 0 Å². The number of morpholine rings is 1. The largest absolute Gasteiger partial charge is 0.379 e. The molecular formula is C19H25N5O2. The van der Waals surface area contributed by atoms with E-state index in [9.17, 15) is 4.79 Å². The first-order valence-corrected chi connectivity index (χ1v) is 8.91. The van der Waals surface area contributed by atoms with E-state index in [1.165, 1.54) is 17.5 Å². The fourth-order valence-corrected chi connectivity index (χ4v) is 2.82. The third-order valence-corrected chi connectivity index (χ3v) is 4.44. The molecule has 2 heterocycles. The van der Waals surface area contributed by atoms with E-state index in [0.717, 1.165) is 32.8 Å². The molecular weight excluding hydrogens is 330 g/mol. The van der Waals surface area contributed by atoms with Crippen LogP contribution in [0.3, 0.4) is 0 Å². The number of nitrogens with zero attached hydrogens (tertiary/aromatic N) is 3. The summed E-state index contributed by atoms with van der Waals surface area (Å²) in [5, 5.41) is 6.17. The van der Waals surface area contributed by atoms with Crippen LogP contribution in [0.2, 0.25) is 0 Å². The molecule has 1 aromatic heterocycles. The van der Waals surface area contributed by atoms with Gasteiger partial charge in [-0.25, -0.2) is 9.97 Å². The molecule has 26 heavy (non-hydrogen) atoms. The van der Waals surface area contributed by atoms with Crippen LogP contribution in [0.15, 0.2) is 36.7 Å². The molecule has 0 spiro atoms. The summed E-state index contributed by atoms with van der Waals surface area (Å²) in [5.74, 6) is 0.459. The van der Waals surface area contributed by atoms with Gasteiger partial charge in [-0.15, -0.1) is 0 Å². The van der Waals surface area contributed by atoms with Crippen molar-refractivity contribution in [3.05, 3.63) is 53.5 Å². The summed E-state index contributed by atoms with van der Waals surface area (Å²) in [6.45, 7) is 7.48. The lowest BCUT2D eigenvalue weighted by Crippen LogP contribution is -2.41. The minimum atomic E-state index is -0.181. The number of carbonyl (C=O) groups excluding carboxylic acids is 1. The molecule has 1 aromatic carbocycles. The second kappa shape index (κ2) is 9.26. The molecule has 2 aromatic rings. The molecule has 2 N–H and O–H groups in total. The van der Waals surface area contributed by atoms with Gasteiger partial charge in [0.15, 0.2) is 0 Å². The van der Waals surface area contributed by atoms with Gasteiger partial charge in [0.1, 0.15) is 17.8 Å². The molecule has 7 heteroatoms. The summed E-state index contributed by atoms with van der Waals surface area (Å²) in [5.41, 5.74) is 2.78. The van der Waals surface area contributed by atoms with Gasteiger partial charge in [-0.1, -0.05) is 24.3 Å². The SMILES string of the molecule is Cc1ccccc1CNc1cc(C(=O)NCCN2CCOCC2)ncn1. The van der Waals surface area contributed by atoms with Crippen molar-refractivity contribution < 1.29 is 9.53 Å². The first kappa shape index (κ1) is 18.3. The van der Waals surface area contributed by atoms with Crippen LogP contribution in [0.25, 0.3) is 0 Å². The molecule has 0 unspecified atom stereocenters. The zero-order valence-electron chi connectivity index (χ0n) is 15.1. The second-order valence-electron chi connectivity index (χ2n) is 6.28. The minimum absolute atomic E-state index is 0.181. The molecule has 1 fully saturated rings. The van der Waals surface area contributed by atoms with Crippen molar-refractivity contribution in [2.24, 2.45) is 0 Å². The number of ether oxygens (including phenoxy) is 1. The van der Waals surface area contributed by atoms with Crippen LogP contribution in [-0.2, 0) is 11.3 Å². The van der Waals surface area contributed by atoms with E-state index >= 15 is 0 Å². The lowest BCUT2D eigenvalue weighted by molar-refractivity contribution is 0.0383. The smallest absolute Gasteiger partial charge is 0.270 e. The van der Waals surface area contributed by atoms with Gasteiger partial charge in [0.05, 0.1) is 13.2 Å². The van der Waals surface area contributed by atoms with E-state index in [4.69, 9.17) is 4.74 Å². The Kier molecular flexibility index (Phi) is 6.51. The molecule has 0 bridgehead atoms. The summed E-state index contributed by atoms with van der Waals surface area (Å²) in [6, 6.07) is 9.86. The zero-order valence-corrected chi connectivity index (χ0v) is 15.1. The van der Waals surface area contributed by atoms with Gasteiger partial charge in [0.2, 0.25) is 0 Å². The van der Waals surface area contributed by atoms with Crippen molar-refractivity contribution in [3.63, 3.8) is 0 Å². The van der Waals surface area contributed by atoms with Gasteiger partial charge in [-0.05, 0) is 18.1 Å². The van der Waals surface area contributed by atoms with Crippen LogP contribution in [0, 0.1) is 6.92 Å². The number of nitrogens with one attached hydrogen (secondary N) is 2. The van der Waals surface area contributed by atoms with Gasteiger partial charge in [-0.2, -0.15) is 0 Å². The monoisotopic (exact) mass is 355 g/mol. The number of hydrogen-bond donors (Lipinski definition) is 2.